The Morgan fingerprint density at radius 1 is 1.10 bits per heavy atom. The number of anilines is 2. The number of aromatic nitrogens is 1. The molecule has 0 aliphatic carbocycles. The van der Waals surface area contributed by atoms with E-state index in [4.69, 9.17) is 11.6 Å². The molecule has 100 valence electrons. The van der Waals surface area contributed by atoms with E-state index in [0.29, 0.717) is 0 Å². The van der Waals surface area contributed by atoms with Crippen molar-refractivity contribution in [3.8, 4) is 0 Å². The summed E-state index contributed by atoms with van der Waals surface area (Å²) in [6.45, 7) is 2.00. The number of halogens is 2. The highest BCUT2D eigenvalue weighted by atomic mass is 79.9. The van der Waals surface area contributed by atoms with E-state index in [2.05, 4.69) is 32.3 Å². The molecule has 0 spiro atoms. The van der Waals surface area contributed by atoms with Crippen molar-refractivity contribution in [2.75, 3.05) is 5.32 Å². The molecule has 1 aromatic heterocycles. The first-order chi connectivity index (χ1) is 9.65. The molecule has 2 nitrogen and oxygen atoms in total. The first kappa shape index (κ1) is 13.4. The number of fused-ring (bicyclic) bond motifs is 1. The van der Waals surface area contributed by atoms with Gasteiger partial charge in [-0.25, -0.2) is 0 Å². The van der Waals surface area contributed by atoms with Crippen LogP contribution >= 0.6 is 27.5 Å². The molecule has 0 aliphatic heterocycles. The van der Waals surface area contributed by atoms with Crippen LogP contribution in [0.25, 0.3) is 10.9 Å². The summed E-state index contributed by atoms with van der Waals surface area (Å²) in [6.07, 6.45) is 1.80. The molecule has 0 aliphatic rings. The van der Waals surface area contributed by atoms with Crippen LogP contribution in [-0.2, 0) is 0 Å². The van der Waals surface area contributed by atoms with Gasteiger partial charge in [0.2, 0.25) is 0 Å². The van der Waals surface area contributed by atoms with Crippen LogP contribution in [-0.4, -0.2) is 4.98 Å². The van der Waals surface area contributed by atoms with E-state index in [-0.39, 0.29) is 0 Å². The van der Waals surface area contributed by atoms with Crippen molar-refractivity contribution in [1.29, 1.82) is 0 Å². The lowest BCUT2D eigenvalue weighted by Gasteiger charge is -2.12. The van der Waals surface area contributed by atoms with Crippen molar-refractivity contribution in [3.63, 3.8) is 0 Å². The molecule has 0 bridgehead atoms. The van der Waals surface area contributed by atoms with Crippen LogP contribution in [0.2, 0.25) is 5.02 Å². The number of benzene rings is 2. The van der Waals surface area contributed by atoms with Crippen LogP contribution in [0.4, 0.5) is 11.4 Å². The quantitative estimate of drug-likeness (QED) is 0.643. The number of rotatable bonds is 2. The maximum atomic E-state index is 6.16. The molecule has 0 saturated carbocycles. The van der Waals surface area contributed by atoms with Gasteiger partial charge in [-0.05, 0) is 48.9 Å². The summed E-state index contributed by atoms with van der Waals surface area (Å²) >= 11 is 9.63. The van der Waals surface area contributed by atoms with Crippen LogP contribution in [0.15, 0.2) is 53.1 Å². The molecule has 3 aromatic rings. The second-order valence-corrected chi connectivity index (χ2v) is 5.88. The Morgan fingerprint density at radius 2 is 1.95 bits per heavy atom. The predicted molar refractivity (Wildman–Crippen MR) is 88.9 cm³/mol. The molecular weight excluding hydrogens is 336 g/mol. The summed E-state index contributed by atoms with van der Waals surface area (Å²) in [4.78, 5) is 4.39. The van der Waals surface area contributed by atoms with Crippen LogP contribution < -0.4 is 5.32 Å². The summed E-state index contributed by atoms with van der Waals surface area (Å²) in [5.74, 6) is 0. The van der Waals surface area contributed by atoms with Gasteiger partial charge in [-0.15, -0.1) is 0 Å². The van der Waals surface area contributed by atoms with E-state index < -0.39 is 0 Å². The van der Waals surface area contributed by atoms with Crippen molar-refractivity contribution < 1.29 is 0 Å². The van der Waals surface area contributed by atoms with Gasteiger partial charge in [-0.2, -0.15) is 0 Å². The van der Waals surface area contributed by atoms with Crippen molar-refractivity contribution in [2.24, 2.45) is 0 Å². The normalized spacial score (nSPS) is 10.8. The van der Waals surface area contributed by atoms with E-state index in [9.17, 15) is 0 Å². The maximum absolute atomic E-state index is 6.16. The molecular formula is C16H12BrClN2. The van der Waals surface area contributed by atoms with Crippen LogP contribution in [0, 0.1) is 6.92 Å². The molecule has 4 heteroatoms. The largest absolute Gasteiger partial charge is 0.355 e. The SMILES string of the molecule is Cc1c(Cl)cccc1Nc1ccnc2cc(Br)ccc12. The Hall–Kier alpha value is -1.58. The van der Waals surface area contributed by atoms with Gasteiger partial charge in [0.15, 0.2) is 0 Å². The molecule has 1 N–H and O–H groups in total. The van der Waals surface area contributed by atoms with E-state index in [1.54, 1.807) is 6.20 Å². The van der Waals surface area contributed by atoms with Gasteiger partial charge in [0.05, 0.1) is 5.52 Å². The average molecular weight is 348 g/mol. The molecule has 0 unspecified atom stereocenters. The topological polar surface area (TPSA) is 24.9 Å². The standard InChI is InChI=1S/C16H12BrClN2/c1-10-13(18)3-2-4-14(10)20-15-7-8-19-16-9-11(17)5-6-12(15)16/h2-9H,1H3,(H,19,20). The Balaban J connectivity index is 2.09. The molecule has 0 radical (unpaired) electrons. The Bertz CT molecular complexity index is 787. The minimum atomic E-state index is 0.760. The number of pyridine rings is 1. The van der Waals surface area contributed by atoms with Crippen LogP contribution in [0.5, 0.6) is 0 Å². The lowest BCUT2D eigenvalue weighted by Crippen LogP contribution is -1.95. The monoisotopic (exact) mass is 346 g/mol. The molecule has 0 atom stereocenters. The molecule has 0 amide bonds. The molecule has 20 heavy (non-hydrogen) atoms. The number of nitrogens with one attached hydrogen (secondary N) is 1. The van der Waals surface area contributed by atoms with Crippen LogP contribution in [0.3, 0.4) is 0 Å². The van der Waals surface area contributed by atoms with Crippen molar-refractivity contribution in [2.45, 2.75) is 6.92 Å². The highest BCUT2D eigenvalue weighted by Gasteiger charge is 2.06. The predicted octanol–water partition coefficient (Wildman–Crippen LogP) is 5.70. The van der Waals surface area contributed by atoms with E-state index >= 15 is 0 Å². The second kappa shape index (κ2) is 5.43. The minimum Gasteiger partial charge on any atom is -0.355 e. The van der Waals surface area contributed by atoms with Crippen molar-refractivity contribution >= 4 is 49.8 Å². The van der Waals surface area contributed by atoms with Crippen molar-refractivity contribution in [1.82, 2.24) is 4.98 Å². The van der Waals surface area contributed by atoms with E-state index in [1.807, 2.05) is 43.3 Å². The summed E-state index contributed by atoms with van der Waals surface area (Å²) in [5, 5.41) is 5.27. The Kier molecular flexibility index (Phi) is 3.64. The first-order valence-corrected chi connectivity index (χ1v) is 7.38. The fraction of sp³-hybridized carbons (Fsp3) is 0.0625. The Morgan fingerprint density at radius 3 is 2.80 bits per heavy atom. The smallest absolute Gasteiger partial charge is 0.0734 e. The molecule has 1 heterocycles. The average Bonchev–Trinajstić information content (AvgIpc) is 2.44. The van der Waals surface area contributed by atoms with Crippen molar-refractivity contribution in [3.05, 3.63) is 63.7 Å². The highest BCUT2D eigenvalue weighted by Crippen LogP contribution is 2.30. The van der Waals surface area contributed by atoms with E-state index in [0.717, 1.165) is 37.3 Å². The van der Waals surface area contributed by atoms with Gasteiger partial charge >= 0.3 is 0 Å². The fourth-order valence-corrected chi connectivity index (χ4v) is 2.64. The van der Waals surface area contributed by atoms with Gasteiger partial charge in [0.25, 0.3) is 0 Å². The fourth-order valence-electron chi connectivity index (χ4n) is 2.12. The zero-order valence-electron chi connectivity index (χ0n) is 10.8. The van der Waals surface area contributed by atoms with E-state index in [1.165, 1.54) is 0 Å². The zero-order valence-corrected chi connectivity index (χ0v) is 13.2. The van der Waals surface area contributed by atoms with Gasteiger partial charge in [-0.1, -0.05) is 33.6 Å². The maximum Gasteiger partial charge on any atom is 0.0734 e. The third kappa shape index (κ3) is 2.51. The lowest BCUT2D eigenvalue weighted by atomic mass is 10.1. The summed E-state index contributed by atoms with van der Waals surface area (Å²) < 4.78 is 1.02. The molecule has 3 rings (SSSR count). The second-order valence-electron chi connectivity index (χ2n) is 4.56. The van der Waals surface area contributed by atoms with Gasteiger partial charge in [0, 0.05) is 32.5 Å². The lowest BCUT2D eigenvalue weighted by molar-refractivity contribution is 1.39. The first-order valence-electron chi connectivity index (χ1n) is 6.21. The molecule has 2 aromatic carbocycles. The minimum absolute atomic E-state index is 0.760. The zero-order chi connectivity index (χ0) is 14.1. The molecule has 0 fully saturated rings. The molecule has 0 saturated heterocycles. The highest BCUT2D eigenvalue weighted by molar-refractivity contribution is 9.10. The third-order valence-electron chi connectivity index (χ3n) is 3.24. The number of hydrogen-bond acceptors (Lipinski definition) is 2. The number of hydrogen-bond donors (Lipinski definition) is 1. The number of nitrogens with zero attached hydrogens (tertiary/aromatic N) is 1. The van der Waals surface area contributed by atoms with Gasteiger partial charge < -0.3 is 5.32 Å². The summed E-state index contributed by atoms with van der Waals surface area (Å²) in [6, 6.07) is 13.9. The van der Waals surface area contributed by atoms with Gasteiger partial charge in [0.1, 0.15) is 0 Å². The van der Waals surface area contributed by atoms with Gasteiger partial charge in [-0.3, -0.25) is 4.98 Å². The summed E-state index contributed by atoms with van der Waals surface area (Å²) in [5.41, 5.74) is 4.01. The van der Waals surface area contributed by atoms with Crippen LogP contribution in [0.1, 0.15) is 5.56 Å². The summed E-state index contributed by atoms with van der Waals surface area (Å²) in [7, 11) is 0. The Labute approximate surface area is 130 Å². The third-order valence-corrected chi connectivity index (χ3v) is 4.14.